The number of aryl methyl sites for hydroxylation is 1. The summed E-state index contributed by atoms with van der Waals surface area (Å²) in [6.45, 7) is 4.89. The van der Waals surface area contributed by atoms with Crippen molar-refractivity contribution in [2.45, 2.75) is 26.3 Å². The monoisotopic (exact) mass is 238 g/mol. The van der Waals surface area contributed by atoms with E-state index in [0.29, 0.717) is 5.69 Å². The molecular formula is C12H18N2O3. The van der Waals surface area contributed by atoms with E-state index in [1.807, 2.05) is 13.0 Å². The number of nitrogens with zero attached hydrogens (tertiary/aromatic N) is 2. The van der Waals surface area contributed by atoms with Gasteiger partial charge in [-0.05, 0) is 32.9 Å². The fourth-order valence-electron chi connectivity index (χ4n) is 1.40. The molecule has 5 heteroatoms. The highest BCUT2D eigenvalue weighted by molar-refractivity contribution is 5.96. The lowest BCUT2D eigenvalue weighted by Gasteiger charge is -2.31. The van der Waals surface area contributed by atoms with Crippen molar-refractivity contribution in [2.75, 3.05) is 7.05 Å². The number of amides is 1. The maximum Gasteiger partial charge on any atom is 0.329 e. The first kappa shape index (κ1) is 13.3. The second-order valence-electron chi connectivity index (χ2n) is 4.65. The number of carboxylic acid groups (broad SMARTS) is 1. The van der Waals surface area contributed by atoms with Gasteiger partial charge in [-0.1, -0.05) is 0 Å². The van der Waals surface area contributed by atoms with Crippen LogP contribution in [-0.4, -0.2) is 39.0 Å². The minimum atomic E-state index is -1.23. The van der Waals surface area contributed by atoms with E-state index >= 15 is 0 Å². The van der Waals surface area contributed by atoms with Crippen LogP contribution in [0.15, 0.2) is 12.1 Å². The quantitative estimate of drug-likeness (QED) is 0.862. The minimum Gasteiger partial charge on any atom is -0.480 e. The molecule has 0 radical (unpaired) electrons. The van der Waals surface area contributed by atoms with Gasteiger partial charge in [0.2, 0.25) is 0 Å². The van der Waals surface area contributed by atoms with Crippen molar-refractivity contribution in [3.8, 4) is 0 Å². The van der Waals surface area contributed by atoms with Crippen LogP contribution in [0.4, 0.5) is 0 Å². The summed E-state index contributed by atoms with van der Waals surface area (Å²) in [5.41, 5.74) is 0.212. The van der Waals surface area contributed by atoms with Gasteiger partial charge < -0.3 is 14.6 Å². The normalized spacial score (nSPS) is 11.4. The summed E-state index contributed by atoms with van der Waals surface area (Å²) in [5, 5.41) is 9.08. The molecule has 1 rings (SSSR count). The number of aliphatic carboxylic acids is 1. The fourth-order valence-corrected chi connectivity index (χ4v) is 1.40. The van der Waals surface area contributed by atoms with E-state index in [0.717, 1.165) is 5.69 Å². The lowest BCUT2D eigenvalue weighted by atomic mass is 10.0. The third kappa shape index (κ3) is 2.18. The minimum absolute atomic E-state index is 0.298. The van der Waals surface area contributed by atoms with Crippen LogP contribution in [-0.2, 0) is 11.8 Å². The highest BCUT2D eigenvalue weighted by Gasteiger charge is 2.36. The van der Waals surface area contributed by atoms with Crippen LogP contribution >= 0.6 is 0 Å². The lowest BCUT2D eigenvalue weighted by Crippen LogP contribution is -2.51. The van der Waals surface area contributed by atoms with Gasteiger partial charge in [-0.3, -0.25) is 4.79 Å². The van der Waals surface area contributed by atoms with Crippen LogP contribution in [0.25, 0.3) is 0 Å². The number of hydrogen-bond donors (Lipinski definition) is 1. The molecule has 17 heavy (non-hydrogen) atoms. The summed E-state index contributed by atoms with van der Waals surface area (Å²) in [6.07, 6.45) is 0. The van der Waals surface area contributed by atoms with Gasteiger partial charge in [-0.15, -0.1) is 0 Å². The van der Waals surface area contributed by atoms with E-state index in [1.165, 1.54) is 25.8 Å². The van der Waals surface area contributed by atoms with Crippen LogP contribution < -0.4 is 0 Å². The maximum atomic E-state index is 12.2. The molecule has 0 unspecified atom stereocenters. The Labute approximate surface area is 101 Å². The smallest absolute Gasteiger partial charge is 0.329 e. The molecule has 5 nitrogen and oxygen atoms in total. The molecule has 1 amide bonds. The van der Waals surface area contributed by atoms with Crippen molar-refractivity contribution < 1.29 is 14.7 Å². The first-order valence-electron chi connectivity index (χ1n) is 5.33. The molecule has 0 saturated carbocycles. The summed E-state index contributed by atoms with van der Waals surface area (Å²) in [4.78, 5) is 24.5. The van der Waals surface area contributed by atoms with Gasteiger partial charge in [-0.25, -0.2) is 4.79 Å². The van der Waals surface area contributed by atoms with E-state index in [1.54, 1.807) is 17.7 Å². The van der Waals surface area contributed by atoms with Crippen molar-refractivity contribution in [2.24, 2.45) is 7.05 Å². The Morgan fingerprint density at radius 1 is 1.35 bits per heavy atom. The van der Waals surface area contributed by atoms with Crippen LogP contribution in [0.2, 0.25) is 0 Å². The summed E-state index contributed by atoms with van der Waals surface area (Å²) < 4.78 is 1.75. The molecule has 0 aliphatic heterocycles. The Balaban J connectivity index is 3.07. The van der Waals surface area contributed by atoms with Gasteiger partial charge in [0.1, 0.15) is 11.2 Å². The van der Waals surface area contributed by atoms with E-state index in [2.05, 4.69) is 0 Å². The molecule has 1 heterocycles. The van der Waals surface area contributed by atoms with Crippen molar-refractivity contribution in [3.05, 3.63) is 23.5 Å². The van der Waals surface area contributed by atoms with Crippen molar-refractivity contribution in [1.82, 2.24) is 9.47 Å². The van der Waals surface area contributed by atoms with Crippen LogP contribution in [0.3, 0.4) is 0 Å². The summed E-state index contributed by atoms with van der Waals surface area (Å²) in [7, 11) is 3.28. The predicted molar refractivity (Wildman–Crippen MR) is 64.0 cm³/mol. The number of rotatable bonds is 3. The second kappa shape index (κ2) is 4.24. The molecule has 0 spiro atoms. The zero-order valence-electron chi connectivity index (χ0n) is 10.8. The summed E-state index contributed by atoms with van der Waals surface area (Å²) >= 11 is 0. The van der Waals surface area contributed by atoms with E-state index in [9.17, 15) is 9.59 Å². The molecule has 0 bridgehead atoms. The van der Waals surface area contributed by atoms with Crippen LogP contribution in [0, 0.1) is 6.92 Å². The molecule has 0 saturated heterocycles. The van der Waals surface area contributed by atoms with E-state index < -0.39 is 11.5 Å². The SMILES string of the molecule is Cc1ccc(C(=O)N(C)C(C)(C)C(=O)O)n1C. The topological polar surface area (TPSA) is 62.5 Å². The Morgan fingerprint density at radius 3 is 2.24 bits per heavy atom. The molecule has 0 aliphatic carbocycles. The maximum absolute atomic E-state index is 12.2. The molecule has 0 aliphatic rings. The number of carbonyl (C=O) groups is 2. The van der Waals surface area contributed by atoms with Gasteiger partial charge in [0, 0.05) is 19.8 Å². The van der Waals surface area contributed by atoms with E-state index in [-0.39, 0.29) is 5.91 Å². The van der Waals surface area contributed by atoms with Gasteiger partial charge in [0.15, 0.2) is 0 Å². The van der Waals surface area contributed by atoms with Crippen molar-refractivity contribution in [3.63, 3.8) is 0 Å². The molecule has 1 aromatic rings. The summed E-state index contributed by atoms with van der Waals surface area (Å²) in [5.74, 6) is -1.33. The third-order valence-corrected chi connectivity index (χ3v) is 3.26. The fraction of sp³-hybridized carbons (Fsp3) is 0.500. The molecule has 0 atom stereocenters. The van der Waals surface area contributed by atoms with Crippen molar-refractivity contribution >= 4 is 11.9 Å². The van der Waals surface area contributed by atoms with E-state index in [4.69, 9.17) is 5.11 Å². The number of hydrogen-bond acceptors (Lipinski definition) is 2. The van der Waals surface area contributed by atoms with Gasteiger partial charge in [0.25, 0.3) is 5.91 Å². The highest BCUT2D eigenvalue weighted by Crippen LogP contribution is 2.17. The third-order valence-electron chi connectivity index (χ3n) is 3.26. The Bertz CT molecular complexity index is 460. The largest absolute Gasteiger partial charge is 0.480 e. The zero-order chi connectivity index (χ0) is 13.4. The van der Waals surface area contributed by atoms with Crippen LogP contribution in [0.5, 0.6) is 0 Å². The lowest BCUT2D eigenvalue weighted by molar-refractivity contribution is -0.147. The number of aromatic nitrogens is 1. The number of carboxylic acids is 1. The van der Waals surface area contributed by atoms with Gasteiger partial charge in [0.05, 0.1) is 0 Å². The zero-order valence-corrected chi connectivity index (χ0v) is 10.8. The second-order valence-corrected chi connectivity index (χ2v) is 4.65. The molecule has 1 aromatic heterocycles. The molecule has 94 valence electrons. The predicted octanol–water partition coefficient (Wildman–Crippen LogP) is 1.27. The molecule has 0 fully saturated rings. The van der Waals surface area contributed by atoms with Gasteiger partial charge >= 0.3 is 5.97 Å². The average Bonchev–Trinajstić information content (AvgIpc) is 2.57. The van der Waals surface area contributed by atoms with Crippen LogP contribution in [0.1, 0.15) is 30.0 Å². The average molecular weight is 238 g/mol. The standard InChI is InChI=1S/C12H18N2O3/c1-8-6-7-9(13(8)4)10(15)14(5)12(2,3)11(16)17/h6-7H,1-5H3,(H,16,17). The van der Waals surface area contributed by atoms with Gasteiger partial charge in [-0.2, -0.15) is 0 Å². The first-order valence-corrected chi connectivity index (χ1v) is 5.33. The number of likely N-dealkylation sites (N-methyl/N-ethyl adjacent to an activating group) is 1. The highest BCUT2D eigenvalue weighted by atomic mass is 16.4. The first-order chi connectivity index (χ1) is 7.69. The Kier molecular flexibility index (Phi) is 3.31. The van der Waals surface area contributed by atoms with Crippen molar-refractivity contribution in [1.29, 1.82) is 0 Å². The molecule has 0 aromatic carbocycles. The Hall–Kier alpha value is -1.78. The number of carbonyl (C=O) groups excluding carboxylic acids is 1. The molecule has 1 N–H and O–H groups in total. The summed E-state index contributed by atoms with van der Waals surface area (Å²) in [6, 6.07) is 3.53. The Morgan fingerprint density at radius 2 is 1.88 bits per heavy atom. The molecular weight excluding hydrogens is 220 g/mol.